The number of halogens is 1. The lowest BCUT2D eigenvalue weighted by Gasteiger charge is -2.35. The highest BCUT2D eigenvalue weighted by molar-refractivity contribution is 6.30. The fraction of sp³-hybridized carbons (Fsp3) is 0.333. The van der Waals surface area contributed by atoms with Gasteiger partial charge in [0.1, 0.15) is 17.8 Å². The number of piperazine rings is 1. The second-order valence-corrected chi connectivity index (χ2v) is 10.4. The molecule has 2 N–H and O–H groups in total. The monoisotopic (exact) mass is 559 g/mol. The lowest BCUT2D eigenvalue weighted by Crippen LogP contribution is -2.48. The molecular weight excluding hydrogens is 526 g/mol. The van der Waals surface area contributed by atoms with Gasteiger partial charge in [0.2, 0.25) is 5.91 Å². The Bertz CT molecular complexity index is 1450. The van der Waals surface area contributed by atoms with E-state index in [1.807, 2.05) is 58.5 Å². The molecule has 9 nitrogen and oxygen atoms in total. The minimum Gasteiger partial charge on any atom is -0.355 e. The number of aryl methyl sites for hydroxylation is 1. The van der Waals surface area contributed by atoms with Crippen LogP contribution >= 0.6 is 11.6 Å². The number of H-pyrrole nitrogens is 1. The van der Waals surface area contributed by atoms with Crippen molar-refractivity contribution in [3.63, 3.8) is 0 Å². The van der Waals surface area contributed by atoms with E-state index in [9.17, 15) is 9.59 Å². The summed E-state index contributed by atoms with van der Waals surface area (Å²) < 4.78 is 0. The third-order valence-corrected chi connectivity index (χ3v) is 7.47. The van der Waals surface area contributed by atoms with Crippen LogP contribution < -0.4 is 10.2 Å². The van der Waals surface area contributed by atoms with Gasteiger partial charge >= 0.3 is 0 Å². The number of carbonyl (C=O) groups excluding carboxylic acids is 2. The minimum atomic E-state index is -0.0949. The van der Waals surface area contributed by atoms with Crippen molar-refractivity contribution in [2.45, 2.75) is 19.8 Å². The van der Waals surface area contributed by atoms with E-state index in [0.717, 1.165) is 54.2 Å². The van der Waals surface area contributed by atoms with Crippen LogP contribution in [0.4, 0.5) is 11.5 Å². The second-order valence-electron chi connectivity index (χ2n) is 9.99. The number of hydrogen-bond donors (Lipinski definition) is 2. The summed E-state index contributed by atoms with van der Waals surface area (Å²) in [6, 6.07) is 17.6. The first-order valence-corrected chi connectivity index (χ1v) is 14.0. The number of nitrogens with one attached hydrogen (secondary N) is 2. The first-order valence-electron chi connectivity index (χ1n) is 13.6. The normalized spacial score (nSPS) is 13.9. The quantitative estimate of drug-likeness (QED) is 0.301. The van der Waals surface area contributed by atoms with E-state index in [2.05, 4.69) is 37.3 Å². The van der Waals surface area contributed by atoms with E-state index in [1.165, 1.54) is 18.8 Å². The van der Waals surface area contributed by atoms with E-state index in [4.69, 9.17) is 11.6 Å². The molecule has 0 radical (unpaired) electrons. The van der Waals surface area contributed by atoms with Gasteiger partial charge in [0, 0.05) is 68.7 Å². The largest absolute Gasteiger partial charge is 0.355 e. The van der Waals surface area contributed by atoms with Gasteiger partial charge in [0.25, 0.3) is 5.91 Å². The summed E-state index contributed by atoms with van der Waals surface area (Å²) in [5, 5.41) is 4.49. The van der Waals surface area contributed by atoms with Gasteiger partial charge in [-0.3, -0.25) is 14.5 Å². The smallest absolute Gasteiger partial charge is 0.254 e. The zero-order valence-electron chi connectivity index (χ0n) is 22.6. The Balaban J connectivity index is 1.23. The summed E-state index contributed by atoms with van der Waals surface area (Å²) in [5.41, 5.74) is 3.49. The molecule has 4 aromatic rings. The minimum absolute atomic E-state index is 0.0268. The van der Waals surface area contributed by atoms with E-state index >= 15 is 0 Å². The lowest BCUT2D eigenvalue weighted by atomic mass is 10.1. The average Bonchev–Trinajstić information content (AvgIpc) is 3.46. The van der Waals surface area contributed by atoms with Crippen LogP contribution in [0.2, 0.25) is 5.02 Å². The van der Waals surface area contributed by atoms with Gasteiger partial charge in [0.05, 0.1) is 5.39 Å². The van der Waals surface area contributed by atoms with E-state index in [0.29, 0.717) is 37.6 Å². The van der Waals surface area contributed by atoms with E-state index in [1.54, 1.807) is 0 Å². The van der Waals surface area contributed by atoms with Crippen molar-refractivity contribution < 1.29 is 9.59 Å². The van der Waals surface area contributed by atoms with E-state index < -0.39 is 0 Å². The van der Waals surface area contributed by atoms with Crippen LogP contribution in [-0.4, -0.2) is 82.4 Å². The molecule has 1 aliphatic heterocycles. The highest BCUT2D eigenvalue weighted by Gasteiger charge is 2.23. The Labute approximate surface area is 239 Å². The Morgan fingerprint density at radius 1 is 1.05 bits per heavy atom. The maximum atomic E-state index is 13.5. The highest BCUT2D eigenvalue weighted by atomic mass is 35.5. The molecule has 208 valence electrons. The Morgan fingerprint density at radius 3 is 2.62 bits per heavy atom. The number of benzene rings is 2. The molecule has 3 heterocycles. The topological polar surface area (TPSA) is 97.5 Å². The maximum absolute atomic E-state index is 13.5. The van der Waals surface area contributed by atoms with Crippen LogP contribution in [0, 0.1) is 0 Å². The predicted octanol–water partition coefficient (Wildman–Crippen LogP) is 4.28. The number of hydrogen-bond acceptors (Lipinski definition) is 6. The van der Waals surface area contributed by atoms with Crippen LogP contribution in [0.5, 0.6) is 0 Å². The third-order valence-electron chi connectivity index (χ3n) is 7.22. The Kier molecular flexibility index (Phi) is 8.93. The molecule has 0 bridgehead atoms. The number of carbonyl (C=O) groups is 2. The summed E-state index contributed by atoms with van der Waals surface area (Å²) in [7, 11) is 0. The number of aromatic nitrogens is 3. The first kappa shape index (κ1) is 27.6. The molecule has 2 aromatic heterocycles. The van der Waals surface area contributed by atoms with Gasteiger partial charge in [-0.05, 0) is 61.3 Å². The molecule has 0 spiro atoms. The van der Waals surface area contributed by atoms with Gasteiger partial charge < -0.3 is 20.1 Å². The number of nitrogens with zero attached hydrogens (tertiary/aromatic N) is 5. The summed E-state index contributed by atoms with van der Waals surface area (Å²) in [6.07, 6.45) is 5.43. The fourth-order valence-electron chi connectivity index (χ4n) is 5.10. The van der Waals surface area contributed by atoms with Crippen LogP contribution in [0.25, 0.3) is 11.0 Å². The van der Waals surface area contributed by atoms with Crippen molar-refractivity contribution in [2.24, 2.45) is 0 Å². The second kappa shape index (κ2) is 12.9. The first-order chi connectivity index (χ1) is 19.5. The van der Waals surface area contributed by atoms with Crippen molar-refractivity contribution in [3.05, 3.63) is 83.3 Å². The number of amides is 2. The summed E-state index contributed by atoms with van der Waals surface area (Å²) >= 11 is 5.99. The van der Waals surface area contributed by atoms with Crippen molar-refractivity contribution in [2.75, 3.05) is 50.7 Å². The SMILES string of the molecule is CC(=O)NCCN(c1cccc(C(=O)N2CCN(CCCc3ccc(Cl)cc3)CC2)c1)c1ncnc2[nH]ccc12. The molecule has 0 saturated carbocycles. The molecule has 0 aliphatic carbocycles. The summed E-state index contributed by atoms with van der Waals surface area (Å²) in [4.78, 5) is 43.4. The average molecular weight is 560 g/mol. The van der Waals surface area contributed by atoms with Crippen molar-refractivity contribution in [3.8, 4) is 0 Å². The van der Waals surface area contributed by atoms with Crippen molar-refractivity contribution in [1.29, 1.82) is 0 Å². The van der Waals surface area contributed by atoms with Gasteiger partial charge in [-0.1, -0.05) is 29.8 Å². The van der Waals surface area contributed by atoms with Crippen LogP contribution in [0.1, 0.15) is 29.3 Å². The maximum Gasteiger partial charge on any atom is 0.254 e. The van der Waals surface area contributed by atoms with Gasteiger partial charge in [-0.2, -0.15) is 0 Å². The third kappa shape index (κ3) is 6.78. The number of aromatic amines is 1. The van der Waals surface area contributed by atoms with Crippen LogP contribution in [0.15, 0.2) is 67.1 Å². The molecule has 10 heteroatoms. The van der Waals surface area contributed by atoms with Gasteiger partial charge in [0.15, 0.2) is 0 Å². The standard InChI is InChI=1S/C30H34ClN7O2/c1-22(39)32-13-15-38(29-27-11-12-33-28(27)34-21-35-29)26-6-2-5-24(20-26)30(40)37-18-16-36(17-19-37)14-3-4-23-7-9-25(31)10-8-23/h2,5-12,20-21H,3-4,13-19H2,1H3,(H,32,39)(H,33,34,35). The Morgan fingerprint density at radius 2 is 1.85 bits per heavy atom. The number of rotatable bonds is 10. The molecule has 0 unspecified atom stereocenters. The zero-order valence-corrected chi connectivity index (χ0v) is 23.4. The van der Waals surface area contributed by atoms with Gasteiger partial charge in [-0.15, -0.1) is 0 Å². The molecule has 0 atom stereocenters. The van der Waals surface area contributed by atoms with Crippen LogP contribution in [-0.2, 0) is 11.2 Å². The zero-order chi connectivity index (χ0) is 27.9. The molecule has 1 aliphatic rings. The molecule has 40 heavy (non-hydrogen) atoms. The van der Waals surface area contributed by atoms with E-state index in [-0.39, 0.29) is 11.8 Å². The summed E-state index contributed by atoms with van der Waals surface area (Å²) in [5.74, 6) is 0.648. The fourth-order valence-corrected chi connectivity index (χ4v) is 5.22. The molecule has 5 rings (SSSR count). The number of anilines is 2. The number of fused-ring (bicyclic) bond motifs is 1. The molecule has 1 saturated heterocycles. The van der Waals surface area contributed by atoms with Crippen molar-refractivity contribution >= 4 is 46.0 Å². The lowest BCUT2D eigenvalue weighted by molar-refractivity contribution is -0.118. The molecule has 1 fully saturated rings. The molecular formula is C30H34ClN7O2. The Hall–Kier alpha value is -3.95. The predicted molar refractivity (Wildman–Crippen MR) is 158 cm³/mol. The van der Waals surface area contributed by atoms with Gasteiger partial charge in [-0.25, -0.2) is 9.97 Å². The van der Waals surface area contributed by atoms with Crippen molar-refractivity contribution in [1.82, 2.24) is 30.1 Å². The van der Waals surface area contributed by atoms with Crippen LogP contribution in [0.3, 0.4) is 0 Å². The summed E-state index contributed by atoms with van der Waals surface area (Å²) in [6.45, 7) is 6.56. The molecule has 2 amide bonds. The highest BCUT2D eigenvalue weighted by Crippen LogP contribution is 2.29. The molecule has 2 aromatic carbocycles.